The van der Waals surface area contributed by atoms with Crippen molar-refractivity contribution in [1.29, 1.82) is 0 Å². The lowest BCUT2D eigenvalue weighted by molar-refractivity contribution is 0.579. The van der Waals surface area contributed by atoms with Crippen LogP contribution in [0.5, 0.6) is 0 Å². The molecule has 0 aromatic carbocycles. The molecule has 0 saturated carbocycles. The van der Waals surface area contributed by atoms with Crippen molar-refractivity contribution in [2.75, 3.05) is 0 Å². The number of rotatable bonds is 2. The maximum atomic E-state index is 5.74. The minimum atomic E-state index is 0.437. The average Bonchev–Trinajstić information content (AvgIpc) is 2.92. The van der Waals surface area contributed by atoms with Crippen LogP contribution in [0.1, 0.15) is 5.69 Å². The van der Waals surface area contributed by atoms with Crippen molar-refractivity contribution in [1.82, 2.24) is 9.38 Å². The number of fused-ring (bicyclic) bond motifs is 1. The first-order valence-corrected chi connectivity index (χ1v) is 5.85. The number of furan rings is 1. The van der Waals surface area contributed by atoms with Crippen LogP contribution in [0.15, 0.2) is 34.4 Å². The van der Waals surface area contributed by atoms with Crippen molar-refractivity contribution in [3.05, 3.63) is 35.7 Å². The summed E-state index contributed by atoms with van der Waals surface area (Å²) in [5.41, 5.74) is 1.90. The van der Waals surface area contributed by atoms with Gasteiger partial charge in [0.25, 0.3) is 0 Å². The number of imidazole rings is 1. The molecule has 5 heteroatoms. The van der Waals surface area contributed by atoms with Crippen molar-refractivity contribution in [2.24, 2.45) is 0 Å². The van der Waals surface area contributed by atoms with E-state index in [4.69, 9.17) is 16.0 Å². The van der Waals surface area contributed by atoms with E-state index < -0.39 is 0 Å². The van der Waals surface area contributed by atoms with Crippen molar-refractivity contribution < 1.29 is 4.42 Å². The number of nitrogens with zero attached hydrogens (tertiary/aromatic N) is 2. The molecule has 0 saturated heterocycles. The second kappa shape index (κ2) is 3.40. The van der Waals surface area contributed by atoms with Crippen molar-refractivity contribution in [3.63, 3.8) is 0 Å². The summed E-state index contributed by atoms with van der Waals surface area (Å²) in [6.07, 6.45) is 3.61. The molecule has 76 valence electrons. The Labute approximate surface area is 94.9 Å². The predicted molar refractivity (Wildman–Crippen MR) is 60.3 cm³/mol. The Balaban J connectivity index is 2.23. The highest BCUT2D eigenvalue weighted by molar-refractivity contribution is 7.15. The van der Waals surface area contributed by atoms with Gasteiger partial charge in [-0.25, -0.2) is 4.98 Å². The van der Waals surface area contributed by atoms with Gasteiger partial charge in [0, 0.05) is 11.6 Å². The molecule has 3 rings (SSSR count). The summed E-state index contributed by atoms with van der Waals surface area (Å²) >= 11 is 7.32. The smallest absolute Gasteiger partial charge is 0.194 e. The number of thiazole rings is 1. The highest BCUT2D eigenvalue weighted by Crippen LogP contribution is 2.26. The summed E-state index contributed by atoms with van der Waals surface area (Å²) in [4.78, 5) is 5.31. The summed E-state index contributed by atoms with van der Waals surface area (Å²) in [5, 5.41) is 2.03. The first-order chi connectivity index (χ1) is 7.38. The summed E-state index contributed by atoms with van der Waals surface area (Å²) in [5.74, 6) is 1.28. The number of halogens is 1. The van der Waals surface area contributed by atoms with Crippen LogP contribution in [-0.4, -0.2) is 9.38 Å². The molecule has 0 aliphatic heterocycles. The lowest BCUT2D eigenvalue weighted by Crippen LogP contribution is -1.80. The molecule has 0 aliphatic rings. The molecule has 15 heavy (non-hydrogen) atoms. The molecule has 0 atom stereocenters. The van der Waals surface area contributed by atoms with Gasteiger partial charge < -0.3 is 4.42 Å². The highest BCUT2D eigenvalue weighted by Gasteiger charge is 2.10. The van der Waals surface area contributed by atoms with E-state index in [1.165, 1.54) is 0 Å². The molecular formula is C10H7ClN2OS. The van der Waals surface area contributed by atoms with E-state index in [0.29, 0.717) is 5.88 Å². The largest absolute Gasteiger partial charge is 0.463 e. The van der Waals surface area contributed by atoms with Gasteiger partial charge in [0.15, 0.2) is 10.7 Å². The fraction of sp³-hybridized carbons (Fsp3) is 0.100. The van der Waals surface area contributed by atoms with Crippen molar-refractivity contribution in [3.8, 4) is 11.5 Å². The molecule has 0 fully saturated rings. The maximum absolute atomic E-state index is 5.74. The molecule has 3 aromatic heterocycles. The topological polar surface area (TPSA) is 30.4 Å². The molecule has 0 radical (unpaired) electrons. The third-order valence-electron chi connectivity index (χ3n) is 2.17. The van der Waals surface area contributed by atoms with Crippen LogP contribution in [0.3, 0.4) is 0 Å². The van der Waals surface area contributed by atoms with Crippen LogP contribution in [0, 0.1) is 0 Å². The molecule has 0 unspecified atom stereocenters. The van der Waals surface area contributed by atoms with Crippen molar-refractivity contribution in [2.45, 2.75) is 5.88 Å². The zero-order valence-electron chi connectivity index (χ0n) is 7.68. The van der Waals surface area contributed by atoms with Gasteiger partial charge >= 0.3 is 0 Å². The number of aromatic nitrogens is 2. The summed E-state index contributed by atoms with van der Waals surface area (Å²) in [6.45, 7) is 0. The van der Waals surface area contributed by atoms with Crippen LogP contribution in [0.2, 0.25) is 0 Å². The van der Waals surface area contributed by atoms with Crippen LogP contribution in [0.4, 0.5) is 0 Å². The summed E-state index contributed by atoms with van der Waals surface area (Å²) in [6, 6.07) is 3.81. The van der Waals surface area contributed by atoms with Gasteiger partial charge in [-0.05, 0) is 12.1 Å². The Morgan fingerprint density at radius 3 is 3.20 bits per heavy atom. The minimum absolute atomic E-state index is 0.437. The first kappa shape index (κ1) is 9.00. The van der Waals surface area contributed by atoms with Gasteiger partial charge in [0.05, 0.1) is 17.8 Å². The standard InChI is InChI=1S/C10H7ClN2OS/c11-4-7-5-13-8(6-15-10(13)12-7)9-2-1-3-14-9/h1-3,5-6H,4H2. The summed E-state index contributed by atoms with van der Waals surface area (Å²) < 4.78 is 7.36. The Kier molecular flexibility index (Phi) is 2.04. The average molecular weight is 239 g/mol. The normalized spacial score (nSPS) is 11.3. The maximum Gasteiger partial charge on any atom is 0.194 e. The lowest BCUT2D eigenvalue weighted by Gasteiger charge is -1.92. The fourth-order valence-electron chi connectivity index (χ4n) is 1.50. The third-order valence-corrected chi connectivity index (χ3v) is 3.28. The predicted octanol–water partition coefficient (Wildman–Crippen LogP) is 3.39. The Bertz CT molecular complexity index is 582. The third kappa shape index (κ3) is 1.37. The van der Waals surface area contributed by atoms with E-state index in [-0.39, 0.29) is 0 Å². The lowest BCUT2D eigenvalue weighted by atomic mass is 10.3. The molecule has 3 nitrogen and oxygen atoms in total. The van der Waals surface area contributed by atoms with Gasteiger partial charge in [-0.1, -0.05) is 0 Å². The Hall–Kier alpha value is -1.26. The van der Waals surface area contributed by atoms with Gasteiger partial charge in [-0.15, -0.1) is 22.9 Å². The van der Waals surface area contributed by atoms with Crippen LogP contribution in [-0.2, 0) is 5.88 Å². The van der Waals surface area contributed by atoms with Gasteiger partial charge in [0.2, 0.25) is 0 Å². The minimum Gasteiger partial charge on any atom is -0.463 e. The van der Waals surface area contributed by atoms with Gasteiger partial charge in [-0.3, -0.25) is 4.40 Å². The molecule has 3 aromatic rings. The number of hydrogen-bond acceptors (Lipinski definition) is 3. The number of alkyl halides is 1. The fourth-order valence-corrected chi connectivity index (χ4v) is 2.51. The second-order valence-electron chi connectivity index (χ2n) is 3.12. The molecule has 3 heterocycles. The van der Waals surface area contributed by atoms with Crippen LogP contribution < -0.4 is 0 Å². The van der Waals surface area contributed by atoms with Crippen LogP contribution in [0.25, 0.3) is 16.4 Å². The van der Waals surface area contributed by atoms with E-state index in [1.807, 2.05) is 28.1 Å². The Morgan fingerprint density at radius 1 is 1.53 bits per heavy atom. The van der Waals surface area contributed by atoms with Gasteiger partial charge in [0.1, 0.15) is 5.69 Å². The second-order valence-corrected chi connectivity index (χ2v) is 4.22. The Morgan fingerprint density at radius 2 is 2.47 bits per heavy atom. The van der Waals surface area contributed by atoms with Crippen molar-refractivity contribution >= 4 is 27.9 Å². The van der Waals surface area contributed by atoms with E-state index >= 15 is 0 Å². The molecule has 0 spiro atoms. The zero-order chi connectivity index (χ0) is 10.3. The first-order valence-electron chi connectivity index (χ1n) is 4.44. The zero-order valence-corrected chi connectivity index (χ0v) is 9.26. The molecular weight excluding hydrogens is 232 g/mol. The molecule has 0 N–H and O–H groups in total. The van der Waals surface area contributed by atoms with E-state index in [1.54, 1.807) is 17.6 Å². The SMILES string of the molecule is ClCc1cn2c(-c3ccco3)csc2n1. The quantitative estimate of drug-likeness (QED) is 0.641. The monoisotopic (exact) mass is 238 g/mol. The summed E-state index contributed by atoms with van der Waals surface area (Å²) in [7, 11) is 0. The van der Waals surface area contributed by atoms with Gasteiger partial charge in [-0.2, -0.15) is 0 Å². The number of hydrogen-bond donors (Lipinski definition) is 0. The highest BCUT2D eigenvalue weighted by atomic mass is 35.5. The van der Waals surface area contributed by atoms with E-state index in [2.05, 4.69) is 4.98 Å². The van der Waals surface area contributed by atoms with E-state index in [9.17, 15) is 0 Å². The molecule has 0 amide bonds. The van der Waals surface area contributed by atoms with E-state index in [0.717, 1.165) is 22.1 Å². The molecule has 0 bridgehead atoms. The van der Waals surface area contributed by atoms with Crippen LogP contribution >= 0.6 is 22.9 Å². The molecule has 0 aliphatic carbocycles.